The van der Waals surface area contributed by atoms with E-state index in [2.05, 4.69) is 38.7 Å². The molecule has 0 bridgehead atoms. The van der Waals surface area contributed by atoms with E-state index in [1.165, 1.54) is 10.3 Å². The number of aliphatic hydroxyl groups excluding tert-OH is 3. The van der Waals surface area contributed by atoms with E-state index in [1.54, 1.807) is 20.8 Å². The zero-order valence-electron chi connectivity index (χ0n) is 9.90. The van der Waals surface area contributed by atoms with E-state index in [-0.39, 0.29) is 19.8 Å². The van der Waals surface area contributed by atoms with Crippen LogP contribution in [0.5, 0.6) is 0 Å². The number of hydrogen-bond acceptors (Lipinski definition) is 3. The predicted molar refractivity (Wildman–Crippen MR) is 60.1 cm³/mol. The quantitative estimate of drug-likeness (QED) is 0.570. The van der Waals surface area contributed by atoms with Gasteiger partial charge in [-0.15, -0.1) is 0 Å². The number of aliphatic hydroxyl groups is 3. The third-order valence-electron chi connectivity index (χ3n) is 0.771. The third kappa shape index (κ3) is 41.0. The maximum absolute atomic E-state index is 7.57. The van der Waals surface area contributed by atoms with E-state index < -0.39 is 0 Å². The fourth-order valence-corrected chi connectivity index (χ4v) is 0.782. The summed E-state index contributed by atoms with van der Waals surface area (Å²) in [4.78, 5) is 0. The van der Waals surface area contributed by atoms with E-state index in [1.807, 2.05) is 0 Å². The molecule has 0 spiro atoms. The number of hydrogen-bond donors (Lipinski definition) is 3. The summed E-state index contributed by atoms with van der Waals surface area (Å²) in [5, 5.41) is 22.7. The van der Waals surface area contributed by atoms with Crippen LogP contribution in [0.4, 0.5) is 0 Å². The van der Waals surface area contributed by atoms with E-state index >= 15 is 0 Å². The van der Waals surface area contributed by atoms with Crippen molar-refractivity contribution in [1.82, 2.24) is 0 Å². The molecular weight excluding hydrogens is 228 g/mol. The Morgan fingerprint density at radius 2 is 1.40 bits per heavy atom. The molecule has 0 aromatic heterocycles. The molecule has 0 aliphatic heterocycles. The molecule has 4 heteroatoms. The van der Waals surface area contributed by atoms with Crippen molar-refractivity contribution in [3.63, 3.8) is 0 Å². The molecule has 0 aromatic carbocycles. The Balaban J connectivity index is -0.000000140. The molecule has 89 valence electrons. The summed E-state index contributed by atoms with van der Waals surface area (Å²) >= 11 is 2.14. The summed E-state index contributed by atoms with van der Waals surface area (Å²) in [6.07, 6.45) is 7.56. The second-order valence-electron chi connectivity index (χ2n) is 2.27. The van der Waals surface area contributed by atoms with E-state index in [4.69, 9.17) is 15.3 Å². The van der Waals surface area contributed by atoms with Gasteiger partial charge in [0, 0.05) is 19.8 Å². The molecule has 0 unspecified atom stereocenters. The van der Waals surface area contributed by atoms with E-state index in [0.717, 1.165) is 0 Å². The van der Waals surface area contributed by atoms with Crippen LogP contribution in [0.25, 0.3) is 0 Å². The van der Waals surface area contributed by atoms with Crippen molar-refractivity contribution in [3.05, 3.63) is 22.1 Å². The monoisotopic (exact) mass is 251 g/mol. The minimum atomic E-state index is 0.250. The first-order valence-electron chi connectivity index (χ1n) is 5.04. The fraction of sp³-hybridized carbons (Fsp3) is 0.636. The molecule has 1 aliphatic carbocycles. The standard InChI is InChI=1S/C5H5.3C2H6O.Ti/c1-2-4-5-3-1;3*1-2-3;/h1-3H,4H2;3*3H,2H2,1H3;. The summed E-state index contributed by atoms with van der Waals surface area (Å²) < 4.78 is 1.47. The van der Waals surface area contributed by atoms with Gasteiger partial charge < -0.3 is 15.3 Å². The van der Waals surface area contributed by atoms with Crippen LogP contribution >= 0.6 is 0 Å². The SMILES string of the molecule is CCO.CCO.CCO.[Ti][C]1=CC=CC1. The summed E-state index contributed by atoms with van der Waals surface area (Å²) in [6.45, 7) is 5.79. The van der Waals surface area contributed by atoms with Crippen molar-refractivity contribution >= 4 is 0 Å². The van der Waals surface area contributed by atoms with Crippen LogP contribution in [0.2, 0.25) is 0 Å². The van der Waals surface area contributed by atoms with Crippen LogP contribution in [-0.4, -0.2) is 35.1 Å². The van der Waals surface area contributed by atoms with Gasteiger partial charge in [-0.2, -0.15) is 0 Å². The summed E-state index contributed by atoms with van der Waals surface area (Å²) in [7, 11) is 0. The molecule has 3 nitrogen and oxygen atoms in total. The van der Waals surface area contributed by atoms with Crippen LogP contribution in [0.15, 0.2) is 22.1 Å². The van der Waals surface area contributed by atoms with Gasteiger partial charge in [0.1, 0.15) is 0 Å². The van der Waals surface area contributed by atoms with Gasteiger partial charge in [-0.25, -0.2) is 0 Å². The molecule has 1 aliphatic rings. The fourth-order valence-electron chi connectivity index (χ4n) is 0.447. The molecule has 0 saturated carbocycles. The molecule has 3 N–H and O–H groups in total. The first kappa shape index (κ1) is 20.5. The van der Waals surface area contributed by atoms with Gasteiger partial charge in [0.15, 0.2) is 0 Å². The topological polar surface area (TPSA) is 60.7 Å². The molecule has 1 rings (SSSR count). The van der Waals surface area contributed by atoms with E-state index in [0.29, 0.717) is 0 Å². The van der Waals surface area contributed by atoms with Gasteiger partial charge in [0.2, 0.25) is 0 Å². The van der Waals surface area contributed by atoms with Gasteiger partial charge in [0.25, 0.3) is 0 Å². The minimum absolute atomic E-state index is 0.250. The number of rotatable bonds is 0. The van der Waals surface area contributed by atoms with Crippen molar-refractivity contribution < 1.29 is 35.8 Å². The Bertz CT molecular complexity index is 140. The normalized spacial score (nSPS) is 10.9. The summed E-state index contributed by atoms with van der Waals surface area (Å²) in [5.74, 6) is 0. The Kier molecular flexibility index (Phi) is 32.4. The average molecular weight is 251 g/mol. The Labute approximate surface area is 105 Å². The molecule has 0 aromatic rings. The molecule has 15 heavy (non-hydrogen) atoms. The van der Waals surface area contributed by atoms with Gasteiger partial charge in [-0.05, 0) is 20.8 Å². The molecular formula is C11H23O3Ti. The van der Waals surface area contributed by atoms with Crippen molar-refractivity contribution in [2.45, 2.75) is 27.2 Å². The van der Waals surface area contributed by atoms with Gasteiger partial charge in [0.05, 0.1) is 0 Å². The van der Waals surface area contributed by atoms with Crippen LogP contribution in [0, 0.1) is 0 Å². The predicted octanol–water partition coefficient (Wildman–Crippen LogP) is 1.37. The third-order valence-corrected chi connectivity index (χ3v) is 1.35. The Morgan fingerprint density at radius 3 is 1.47 bits per heavy atom. The average Bonchev–Trinajstić information content (AvgIpc) is 2.60. The van der Waals surface area contributed by atoms with Gasteiger partial charge in [-0.1, -0.05) is 0 Å². The molecule has 0 heterocycles. The molecule has 0 fully saturated rings. The van der Waals surface area contributed by atoms with E-state index in [9.17, 15) is 0 Å². The van der Waals surface area contributed by atoms with Gasteiger partial charge >= 0.3 is 49.0 Å². The maximum atomic E-state index is 7.57. The van der Waals surface area contributed by atoms with Crippen LogP contribution < -0.4 is 0 Å². The Hall–Kier alpha value is 0.0743. The summed E-state index contributed by atoms with van der Waals surface area (Å²) in [5.41, 5.74) is 0. The molecule has 0 atom stereocenters. The second-order valence-corrected chi connectivity index (χ2v) is 3.28. The number of allylic oxidation sites excluding steroid dienone is 4. The van der Waals surface area contributed by atoms with Crippen LogP contribution in [0.3, 0.4) is 0 Å². The van der Waals surface area contributed by atoms with Crippen molar-refractivity contribution in [1.29, 1.82) is 0 Å². The van der Waals surface area contributed by atoms with Gasteiger partial charge in [-0.3, -0.25) is 0 Å². The molecule has 0 amide bonds. The van der Waals surface area contributed by atoms with Crippen molar-refractivity contribution in [2.75, 3.05) is 19.8 Å². The first-order valence-corrected chi connectivity index (χ1v) is 5.82. The van der Waals surface area contributed by atoms with Crippen LogP contribution in [-0.2, 0) is 20.4 Å². The second kappa shape index (κ2) is 23.7. The zero-order chi connectivity index (χ0) is 12.5. The van der Waals surface area contributed by atoms with Crippen LogP contribution in [0.1, 0.15) is 27.2 Å². The van der Waals surface area contributed by atoms with Crippen molar-refractivity contribution in [3.8, 4) is 0 Å². The zero-order valence-corrected chi connectivity index (χ0v) is 11.5. The summed E-state index contributed by atoms with van der Waals surface area (Å²) in [6, 6.07) is 0. The molecule has 0 radical (unpaired) electrons. The Morgan fingerprint density at radius 1 is 1.07 bits per heavy atom. The molecule has 0 saturated heterocycles. The first-order chi connectivity index (χ1) is 7.14. The van der Waals surface area contributed by atoms with Crippen molar-refractivity contribution in [2.24, 2.45) is 0 Å².